The fraction of sp³-hybridized carbons (Fsp3) is 0.276. The van der Waals surface area contributed by atoms with Gasteiger partial charge in [0, 0.05) is 36.5 Å². The van der Waals surface area contributed by atoms with Gasteiger partial charge in [0.15, 0.2) is 17.2 Å². The van der Waals surface area contributed by atoms with Gasteiger partial charge in [-0.25, -0.2) is 4.98 Å². The lowest BCUT2D eigenvalue weighted by atomic mass is 9.89. The SMILES string of the molecule is CC(C)Oc1ccc(C(=O)C[C@H](CCO)Cc2ccc(-c3cn4cccc(O)c4n3)cc2)cc1C#N. The van der Waals surface area contributed by atoms with Crippen LogP contribution in [-0.2, 0) is 6.42 Å². The van der Waals surface area contributed by atoms with Gasteiger partial charge in [-0.1, -0.05) is 24.3 Å². The summed E-state index contributed by atoms with van der Waals surface area (Å²) in [6.45, 7) is 3.76. The van der Waals surface area contributed by atoms with Crippen molar-refractivity contribution >= 4 is 11.4 Å². The van der Waals surface area contributed by atoms with E-state index in [4.69, 9.17) is 4.74 Å². The van der Waals surface area contributed by atoms with E-state index in [1.165, 1.54) is 0 Å². The summed E-state index contributed by atoms with van der Waals surface area (Å²) < 4.78 is 7.43. The molecular formula is C29H29N3O4. The molecule has 4 aromatic rings. The smallest absolute Gasteiger partial charge is 0.180 e. The summed E-state index contributed by atoms with van der Waals surface area (Å²) in [6, 6.07) is 18.4. The lowest BCUT2D eigenvalue weighted by Gasteiger charge is -2.16. The molecule has 0 fully saturated rings. The molecule has 0 radical (unpaired) electrons. The first-order chi connectivity index (χ1) is 17.4. The van der Waals surface area contributed by atoms with Gasteiger partial charge in [-0.05, 0) is 68.5 Å². The van der Waals surface area contributed by atoms with Crippen LogP contribution in [0, 0.1) is 17.2 Å². The van der Waals surface area contributed by atoms with Crippen molar-refractivity contribution in [3.05, 3.63) is 83.7 Å². The zero-order valence-corrected chi connectivity index (χ0v) is 20.4. The largest absolute Gasteiger partial charge is 0.504 e. The van der Waals surface area contributed by atoms with Gasteiger partial charge in [-0.3, -0.25) is 4.79 Å². The van der Waals surface area contributed by atoms with Crippen molar-refractivity contribution in [2.75, 3.05) is 6.61 Å². The highest BCUT2D eigenvalue weighted by Gasteiger charge is 2.18. The number of nitrogens with zero attached hydrogens (tertiary/aromatic N) is 3. The Morgan fingerprint density at radius 2 is 1.94 bits per heavy atom. The second kappa shape index (κ2) is 11.1. The number of imidazole rings is 1. The quantitative estimate of drug-likeness (QED) is 0.301. The van der Waals surface area contributed by atoms with Crippen molar-refractivity contribution in [1.29, 1.82) is 5.26 Å². The van der Waals surface area contributed by atoms with Gasteiger partial charge in [0.05, 0.1) is 17.4 Å². The number of aromatic nitrogens is 2. The Kier molecular flexibility index (Phi) is 7.67. The third kappa shape index (κ3) is 5.73. The number of hydrogen-bond acceptors (Lipinski definition) is 6. The highest BCUT2D eigenvalue weighted by molar-refractivity contribution is 5.96. The summed E-state index contributed by atoms with van der Waals surface area (Å²) in [5.41, 5.74) is 4.03. The normalized spacial score (nSPS) is 12.0. The third-order valence-corrected chi connectivity index (χ3v) is 6.03. The predicted molar refractivity (Wildman–Crippen MR) is 137 cm³/mol. The Morgan fingerprint density at radius 1 is 1.17 bits per heavy atom. The number of aliphatic hydroxyl groups is 1. The minimum atomic E-state index is -0.0705. The molecule has 184 valence electrons. The number of pyridine rings is 1. The average molecular weight is 484 g/mol. The number of carbonyl (C=O) groups is 1. The van der Waals surface area contributed by atoms with Crippen molar-refractivity contribution in [2.45, 2.75) is 39.2 Å². The zero-order chi connectivity index (χ0) is 25.7. The van der Waals surface area contributed by atoms with Gasteiger partial charge in [0.1, 0.15) is 11.8 Å². The maximum Gasteiger partial charge on any atom is 0.180 e. The molecule has 2 heterocycles. The van der Waals surface area contributed by atoms with Gasteiger partial charge in [0.2, 0.25) is 0 Å². The van der Waals surface area contributed by atoms with Crippen molar-refractivity contribution in [3.63, 3.8) is 0 Å². The number of fused-ring (bicyclic) bond motifs is 1. The number of Topliss-reactive ketones (excluding diaryl/α,β-unsaturated/α-hetero) is 1. The second-order valence-corrected chi connectivity index (χ2v) is 9.15. The highest BCUT2D eigenvalue weighted by atomic mass is 16.5. The van der Waals surface area contributed by atoms with Crippen molar-refractivity contribution < 1.29 is 19.7 Å². The number of nitriles is 1. The van der Waals surface area contributed by atoms with Crippen LogP contribution in [0.3, 0.4) is 0 Å². The average Bonchev–Trinajstić information content (AvgIpc) is 3.30. The van der Waals surface area contributed by atoms with Gasteiger partial charge >= 0.3 is 0 Å². The van der Waals surface area contributed by atoms with E-state index in [0.717, 1.165) is 16.8 Å². The fourth-order valence-corrected chi connectivity index (χ4v) is 4.27. The summed E-state index contributed by atoms with van der Waals surface area (Å²) in [4.78, 5) is 17.5. The van der Waals surface area contributed by atoms with Crippen LogP contribution in [0.2, 0.25) is 0 Å². The summed E-state index contributed by atoms with van der Waals surface area (Å²) in [5, 5.41) is 29.1. The van der Waals surface area contributed by atoms with Gasteiger partial charge in [-0.15, -0.1) is 0 Å². The first kappa shape index (κ1) is 25.0. The van der Waals surface area contributed by atoms with Crippen LogP contribution in [0.5, 0.6) is 11.5 Å². The molecule has 2 N–H and O–H groups in total. The maximum absolute atomic E-state index is 13.0. The number of aliphatic hydroxyl groups excluding tert-OH is 1. The monoisotopic (exact) mass is 483 g/mol. The Labute approximate surface area is 210 Å². The summed E-state index contributed by atoms with van der Waals surface area (Å²) in [6.07, 6.45) is 5.03. The van der Waals surface area contributed by atoms with Crippen LogP contribution in [-0.4, -0.2) is 38.1 Å². The summed E-state index contributed by atoms with van der Waals surface area (Å²) in [5.74, 6) is 0.484. The van der Waals surface area contributed by atoms with Gasteiger partial charge < -0.3 is 19.4 Å². The Morgan fingerprint density at radius 3 is 2.61 bits per heavy atom. The first-order valence-corrected chi connectivity index (χ1v) is 12.0. The molecular weight excluding hydrogens is 454 g/mol. The highest BCUT2D eigenvalue weighted by Crippen LogP contribution is 2.26. The number of ketones is 1. The standard InChI is InChI=1S/C29H29N3O4/c1-19(2)36-28-10-9-23(16-24(28)17-30)27(35)15-21(11-13-33)14-20-5-7-22(8-6-20)25-18-32-12-3-4-26(34)29(32)31-25/h3-10,12,16,18-19,21,33-34H,11,13-15H2,1-2H3/t21-/m1/s1. The third-order valence-electron chi connectivity index (χ3n) is 6.03. The summed E-state index contributed by atoms with van der Waals surface area (Å²) >= 11 is 0. The number of aromatic hydroxyl groups is 1. The maximum atomic E-state index is 13.0. The van der Waals surface area contributed by atoms with Crippen LogP contribution < -0.4 is 4.74 Å². The van der Waals surface area contributed by atoms with Crippen LogP contribution in [0.1, 0.15) is 48.2 Å². The molecule has 7 heteroatoms. The number of carbonyl (C=O) groups excluding carboxylic acids is 1. The van der Waals surface area contributed by atoms with E-state index in [1.54, 1.807) is 34.7 Å². The van der Waals surface area contributed by atoms with Crippen molar-refractivity contribution in [1.82, 2.24) is 9.38 Å². The van der Waals surface area contributed by atoms with Crippen molar-refractivity contribution in [2.24, 2.45) is 5.92 Å². The molecule has 0 unspecified atom stereocenters. The molecule has 0 aliphatic heterocycles. The minimum Gasteiger partial charge on any atom is -0.504 e. The molecule has 36 heavy (non-hydrogen) atoms. The molecule has 0 aliphatic rings. The van der Waals surface area contributed by atoms with E-state index in [0.29, 0.717) is 35.4 Å². The topological polar surface area (TPSA) is 108 Å². The van der Waals surface area contributed by atoms with Crippen LogP contribution >= 0.6 is 0 Å². The molecule has 0 amide bonds. The van der Waals surface area contributed by atoms with E-state index in [9.17, 15) is 20.3 Å². The Balaban J connectivity index is 1.46. The second-order valence-electron chi connectivity index (χ2n) is 9.15. The molecule has 2 aromatic carbocycles. The van der Waals surface area contributed by atoms with E-state index < -0.39 is 0 Å². The molecule has 0 spiro atoms. The van der Waals surface area contributed by atoms with Gasteiger partial charge in [-0.2, -0.15) is 5.26 Å². The lowest BCUT2D eigenvalue weighted by molar-refractivity contribution is 0.0953. The molecule has 0 saturated heterocycles. The summed E-state index contributed by atoms with van der Waals surface area (Å²) in [7, 11) is 0. The molecule has 0 bridgehead atoms. The predicted octanol–water partition coefficient (Wildman–Crippen LogP) is 5.18. The van der Waals surface area contributed by atoms with E-state index in [1.807, 2.05) is 50.5 Å². The van der Waals surface area contributed by atoms with Crippen molar-refractivity contribution in [3.8, 4) is 28.8 Å². The molecule has 4 rings (SSSR count). The molecule has 1 atom stereocenters. The van der Waals surface area contributed by atoms with E-state index in [-0.39, 0.29) is 36.6 Å². The van der Waals surface area contributed by atoms with Crippen LogP contribution in [0.25, 0.3) is 16.9 Å². The molecule has 2 aromatic heterocycles. The number of rotatable bonds is 10. The lowest BCUT2D eigenvalue weighted by Crippen LogP contribution is -2.14. The van der Waals surface area contributed by atoms with Gasteiger partial charge in [0.25, 0.3) is 0 Å². The fourth-order valence-electron chi connectivity index (χ4n) is 4.27. The molecule has 7 nitrogen and oxygen atoms in total. The number of ether oxygens (including phenoxy) is 1. The number of benzene rings is 2. The Hall–Kier alpha value is -4.15. The Bertz CT molecular complexity index is 1400. The van der Waals surface area contributed by atoms with Crippen LogP contribution in [0.4, 0.5) is 0 Å². The van der Waals surface area contributed by atoms with Crippen LogP contribution in [0.15, 0.2) is 67.0 Å². The zero-order valence-electron chi connectivity index (χ0n) is 20.4. The van der Waals surface area contributed by atoms with E-state index >= 15 is 0 Å². The minimum absolute atomic E-state index is 0.00855. The first-order valence-electron chi connectivity index (χ1n) is 12.0. The molecule has 0 saturated carbocycles. The molecule has 0 aliphatic carbocycles. The number of hydrogen-bond donors (Lipinski definition) is 2. The van der Waals surface area contributed by atoms with E-state index in [2.05, 4.69) is 11.1 Å².